The molecule has 1 atom stereocenters. The zero-order chi connectivity index (χ0) is 8.43. The second-order valence-electron chi connectivity index (χ2n) is 2.22. The fourth-order valence-electron chi connectivity index (χ4n) is 0.782. The highest BCUT2D eigenvalue weighted by Crippen LogP contribution is 2.15. The number of ether oxygens (including phenoxy) is 2. The average Bonchev–Trinajstić information content (AvgIpc) is 2.18. The van der Waals surface area contributed by atoms with Crippen LogP contribution in [0.2, 0.25) is 0 Å². The molecule has 1 heterocycles. The fraction of sp³-hybridized carbons (Fsp3) is 0.429. The SMILES string of the molecule is C=C1C(=O)OC[C@H]1OC(C)=O. The Kier molecular flexibility index (Phi) is 1.94. The monoisotopic (exact) mass is 156 g/mol. The van der Waals surface area contributed by atoms with Crippen LogP contribution >= 0.6 is 0 Å². The maximum atomic E-state index is 10.7. The molecule has 11 heavy (non-hydrogen) atoms. The van der Waals surface area contributed by atoms with Gasteiger partial charge in [-0.15, -0.1) is 0 Å². The summed E-state index contributed by atoms with van der Waals surface area (Å²) < 4.78 is 9.27. The van der Waals surface area contributed by atoms with Gasteiger partial charge < -0.3 is 9.47 Å². The number of hydrogen-bond donors (Lipinski definition) is 0. The lowest BCUT2D eigenvalue weighted by molar-refractivity contribution is -0.145. The van der Waals surface area contributed by atoms with Crippen LogP contribution in [0.25, 0.3) is 0 Å². The number of carbonyl (C=O) groups is 2. The van der Waals surface area contributed by atoms with E-state index >= 15 is 0 Å². The maximum absolute atomic E-state index is 10.7. The molecule has 1 aliphatic rings. The largest absolute Gasteiger partial charge is 0.458 e. The van der Waals surface area contributed by atoms with Gasteiger partial charge in [-0.25, -0.2) is 4.79 Å². The maximum Gasteiger partial charge on any atom is 0.337 e. The lowest BCUT2D eigenvalue weighted by Crippen LogP contribution is -2.17. The third-order valence-corrected chi connectivity index (χ3v) is 1.32. The summed E-state index contributed by atoms with van der Waals surface area (Å²) in [6.07, 6.45) is -0.583. The molecule has 0 aromatic heterocycles. The highest BCUT2D eigenvalue weighted by atomic mass is 16.6. The van der Waals surface area contributed by atoms with Crippen molar-refractivity contribution >= 4 is 11.9 Å². The molecule has 0 radical (unpaired) electrons. The first-order valence-electron chi connectivity index (χ1n) is 3.14. The lowest BCUT2D eigenvalue weighted by atomic mass is 10.2. The van der Waals surface area contributed by atoms with Gasteiger partial charge in [-0.1, -0.05) is 6.58 Å². The van der Waals surface area contributed by atoms with Crippen LogP contribution in [0.4, 0.5) is 0 Å². The zero-order valence-corrected chi connectivity index (χ0v) is 6.12. The van der Waals surface area contributed by atoms with Gasteiger partial charge >= 0.3 is 11.9 Å². The van der Waals surface area contributed by atoms with E-state index in [1.165, 1.54) is 6.92 Å². The first-order valence-corrected chi connectivity index (χ1v) is 3.14. The molecule has 1 aliphatic heterocycles. The van der Waals surface area contributed by atoms with Crippen LogP contribution < -0.4 is 0 Å². The Morgan fingerprint density at radius 2 is 2.45 bits per heavy atom. The predicted molar refractivity (Wildman–Crippen MR) is 35.7 cm³/mol. The molecule has 0 saturated carbocycles. The van der Waals surface area contributed by atoms with Gasteiger partial charge in [0.15, 0.2) is 6.10 Å². The third-order valence-electron chi connectivity index (χ3n) is 1.32. The Morgan fingerprint density at radius 3 is 2.82 bits per heavy atom. The van der Waals surface area contributed by atoms with Crippen molar-refractivity contribution in [3.05, 3.63) is 12.2 Å². The molecule has 1 rings (SSSR count). The second-order valence-corrected chi connectivity index (χ2v) is 2.22. The highest BCUT2D eigenvalue weighted by molar-refractivity contribution is 5.91. The van der Waals surface area contributed by atoms with Gasteiger partial charge in [0.05, 0.1) is 5.57 Å². The number of rotatable bonds is 1. The Bertz CT molecular complexity index is 218. The van der Waals surface area contributed by atoms with Crippen molar-refractivity contribution < 1.29 is 19.1 Å². The van der Waals surface area contributed by atoms with E-state index in [-0.39, 0.29) is 12.2 Å². The van der Waals surface area contributed by atoms with E-state index in [0.29, 0.717) is 0 Å². The summed E-state index contributed by atoms with van der Waals surface area (Å²) in [5.74, 6) is -0.925. The molecule has 0 amide bonds. The summed E-state index contributed by atoms with van der Waals surface area (Å²) in [6.45, 7) is 4.79. The third kappa shape index (κ3) is 1.58. The van der Waals surface area contributed by atoms with Crippen LogP contribution in [0, 0.1) is 0 Å². The molecule has 1 fully saturated rings. The molecular weight excluding hydrogens is 148 g/mol. The van der Waals surface area contributed by atoms with Gasteiger partial charge in [-0.2, -0.15) is 0 Å². The van der Waals surface area contributed by atoms with E-state index in [0.717, 1.165) is 0 Å². The van der Waals surface area contributed by atoms with E-state index in [2.05, 4.69) is 11.3 Å². The normalized spacial score (nSPS) is 23.2. The summed E-state index contributed by atoms with van der Waals surface area (Å²) >= 11 is 0. The van der Waals surface area contributed by atoms with Gasteiger partial charge in [0.2, 0.25) is 0 Å². The Labute approximate surface area is 63.8 Å². The molecule has 4 heteroatoms. The van der Waals surface area contributed by atoms with Crippen molar-refractivity contribution in [3.8, 4) is 0 Å². The van der Waals surface area contributed by atoms with Gasteiger partial charge in [0, 0.05) is 6.92 Å². The quantitative estimate of drug-likeness (QED) is 0.397. The van der Waals surface area contributed by atoms with Gasteiger partial charge in [0.1, 0.15) is 6.61 Å². The molecule has 1 saturated heterocycles. The zero-order valence-electron chi connectivity index (χ0n) is 6.12. The van der Waals surface area contributed by atoms with Crippen molar-refractivity contribution in [2.45, 2.75) is 13.0 Å². The minimum absolute atomic E-state index is 0.0945. The van der Waals surface area contributed by atoms with E-state index < -0.39 is 18.0 Å². The van der Waals surface area contributed by atoms with Crippen molar-refractivity contribution in [2.24, 2.45) is 0 Å². The molecule has 60 valence electrons. The minimum atomic E-state index is -0.583. The first-order chi connectivity index (χ1) is 5.11. The number of hydrogen-bond acceptors (Lipinski definition) is 4. The Hall–Kier alpha value is -1.32. The van der Waals surface area contributed by atoms with E-state index in [1.807, 2.05) is 0 Å². The minimum Gasteiger partial charge on any atom is -0.458 e. The average molecular weight is 156 g/mol. The molecule has 0 unspecified atom stereocenters. The van der Waals surface area contributed by atoms with Crippen molar-refractivity contribution in [1.82, 2.24) is 0 Å². The lowest BCUT2D eigenvalue weighted by Gasteiger charge is -2.05. The summed E-state index contributed by atoms with van der Waals surface area (Å²) in [5, 5.41) is 0. The highest BCUT2D eigenvalue weighted by Gasteiger charge is 2.30. The Morgan fingerprint density at radius 1 is 1.82 bits per heavy atom. The molecule has 4 nitrogen and oxygen atoms in total. The summed E-state index contributed by atoms with van der Waals surface area (Å²) in [6, 6.07) is 0. The van der Waals surface area contributed by atoms with E-state index in [1.54, 1.807) is 0 Å². The first kappa shape index (κ1) is 7.78. The van der Waals surface area contributed by atoms with Crippen LogP contribution in [0.5, 0.6) is 0 Å². The molecule has 0 spiro atoms. The summed E-state index contributed by atoms with van der Waals surface area (Å²) in [7, 11) is 0. The fourth-order valence-corrected chi connectivity index (χ4v) is 0.782. The van der Waals surface area contributed by atoms with Crippen molar-refractivity contribution in [3.63, 3.8) is 0 Å². The molecule has 0 N–H and O–H groups in total. The smallest absolute Gasteiger partial charge is 0.337 e. The second kappa shape index (κ2) is 2.74. The van der Waals surface area contributed by atoms with Gasteiger partial charge in [-0.05, 0) is 0 Å². The van der Waals surface area contributed by atoms with Crippen LogP contribution in [0.3, 0.4) is 0 Å². The number of carbonyl (C=O) groups excluding carboxylic acids is 2. The van der Waals surface area contributed by atoms with Crippen molar-refractivity contribution in [2.75, 3.05) is 6.61 Å². The van der Waals surface area contributed by atoms with E-state index in [4.69, 9.17) is 4.74 Å². The van der Waals surface area contributed by atoms with Crippen LogP contribution in [0.1, 0.15) is 6.92 Å². The molecule has 0 bridgehead atoms. The van der Waals surface area contributed by atoms with Crippen LogP contribution in [-0.4, -0.2) is 24.6 Å². The van der Waals surface area contributed by atoms with Crippen molar-refractivity contribution in [1.29, 1.82) is 0 Å². The van der Waals surface area contributed by atoms with E-state index in [9.17, 15) is 9.59 Å². The standard InChI is InChI=1S/C7H8O4/c1-4-6(11-5(2)8)3-10-7(4)9/h6H,1,3H2,2H3/t6-/m1/s1. The van der Waals surface area contributed by atoms with Gasteiger partial charge in [-0.3, -0.25) is 4.79 Å². The molecule has 0 aliphatic carbocycles. The Balaban J connectivity index is 2.55. The summed E-state index contributed by atoms with van der Waals surface area (Å²) in [4.78, 5) is 21.1. The predicted octanol–water partition coefficient (Wildman–Crippen LogP) is 0.0311. The van der Waals surface area contributed by atoms with Gasteiger partial charge in [0.25, 0.3) is 0 Å². The topological polar surface area (TPSA) is 52.6 Å². The molecule has 0 aromatic carbocycles. The van der Waals surface area contributed by atoms with Crippen LogP contribution in [0.15, 0.2) is 12.2 Å². The molecule has 0 aromatic rings. The number of esters is 2. The summed E-state index contributed by atoms with van der Waals surface area (Å²) in [5.41, 5.74) is 0.209. The number of cyclic esters (lactones) is 1. The molecular formula is C7H8O4. The van der Waals surface area contributed by atoms with Crippen LogP contribution in [-0.2, 0) is 19.1 Å².